The zero-order chi connectivity index (χ0) is 13.0. The van der Waals surface area contributed by atoms with Gasteiger partial charge in [-0.1, -0.05) is 31.5 Å². The largest absolute Gasteiger partial charge is 0.321 e. The molecule has 0 saturated heterocycles. The molecule has 0 spiro atoms. The predicted octanol–water partition coefficient (Wildman–Crippen LogP) is 2.66. The summed E-state index contributed by atoms with van der Waals surface area (Å²) in [6.45, 7) is 2.04. The Morgan fingerprint density at radius 3 is 2.78 bits per heavy atom. The van der Waals surface area contributed by atoms with Gasteiger partial charge in [0.2, 0.25) is 5.12 Å². The van der Waals surface area contributed by atoms with Crippen LogP contribution in [0.25, 0.3) is 0 Å². The molecule has 2 rings (SSSR count). The average molecular weight is 262 g/mol. The van der Waals surface area contributed by atoms with Gasteiger partial charge >= 0.3 is 0 Å². The van der Waals surface area contributed by atoms with Gasteiger partial charge in [-0.2, -0.15) is 0 Å². The summed E-state index contributed by atoms with van der Waals surface area (Å²) in [5, 5.41) is 2.05. The average Bonchev–Trinajstić information content (AvgIpc) is 2.88. The molecule has 1 aliphatic rings. The van der Waals surface area contributed by atoms with E-state index < -0.39 is 10.7 Å². The van der Waals surface area contributed by atoms with Crippen LogP contribution in [0.3, 0.4) is 0 Å². The molecular formula is C14H18N2OS. The molecule has 1 aromatic rings. The number of benzene rings is 1. The molecule has 0 aliphatic carbocycles. The van der Waals surface area contributed by atoms with Crippen molar-refractivity contribution >= 4 is 26.8 Å². The van der Waals surface area contributed by atoms with Crippen molar-refractivity contribution in [2.24, 2.45) is 5.73 Å². The zero-order valence-electron chi connectivity index (χ0n) is 10.5. The molecule has 1 aliphatic heterocycles. The first kappa shape index (κ1) is 13.1. The van der Waals surface area contributed by atoms with Crippen LogP contribution in [0.4, 0.5) is 5.69 Å². The number of para-hydroxylation sites is 1. The van der Waals surface area contributed by atoms with Crippen molar-refractivity contribution in [3.63, 3.8) is 0 Å². The van der Waals surface area contributed by atoms with Crippen LogP contribution in [0.2, 0.25) is 0 Å². The van der Waals surface area contributed by atoms with Gasteiger partial charge in [0.1, 0.15) is 0 Å². The third-order valence-electron chi connectivity index (χ3n) is 2.76. The molecule has 0 radical (unpaired) electrons. The van der Waals surface area contributed by atoms with Gasteiger partial charge in [-0.05, 0) is 40.7 Å². The second-order valence-electron chi connectivity index (χ2n) is 4.17. The van der Waals surface area contributed by atoms with Gasteiger partial charge in [0, 0.05) is 6.20 Å². The quantitative estimate of drug-likeness (QED) is 0.849. The van der Waals surface area contributed by atoms with Crippen molar-refractivity contribution in [2.75, 3.05) is 4.31 Å². The molecule has 1 aromatic carbocycles. The molecule has 2 atom stereocenters. The van der Waals surface area contributed by atoms with Crippen molar-refractivity contribution in [1.29, 1.82) is 0 Å². The van der Waals surface area contributed by atoms with Crippen LogP contribution < -0.4 is 10.0 Å². The predicted molar refractivity (Wildman–Crippen MR) is 79.6 cm³/mol. The van der Waals surface area contributed by atoms with E-state index in [9.17, 15) is 4.79 Å². The lowest BCUT2D eigenvalue weighted by molar-refractivity contribution is -0.112. The molecular weight excluding hydrogens is 244 g/mol. The fraction of sp³-hybridized carbons (Fsp3) is 0.286. The Balaban J connectivity index is 2.17. The highest BCUT2D eigenvalue weighted by molar-refractivity contribution is 8.29. The van der Waals surface area contributed by atoms with Gasteiger partial charge in [0.05, 0.1) is 11.7 Å². The first-order valence-electron chi connectivity index (χ1n) is 6.12. The fourth-order valence-electron chi connectivity index (χ4n) is 1.84. The Labute approximate surface area is 110 Å². The highest BCUT2D eigenvalue weighted by Crippen LogP contribution is 2.32. The number of anilines is 1. The summed E-state index contributed by atoms with van der Waals surface area (Å²) in [5.41, 5.74) is 6.96. The van der Waals surface area contributed by atoms with E-state index >= 15 is 0 Å². The standard InChI is InChI=1S/C14H18N2OS/c1-2-7-13(15)14(17)18-11-6-10-16(18)12-8-4-3-5-9-12/h3-6,8-11,13H,2,7,15H2,1H3. The molecule has 0 amide bonds. The summed E-state index contributed by atoms with van der Waals surface area (Å²) in [5.74, 6) is 0. The molecule has 18 heavy (non-hydrogen) atoms. The summed E-state index contributed by atoms with van der Waals surface area (Å²) >= 11 is 0. The van der Waals surface area contributed by atoms with Crippen LogP contribution in [0.15, 0.2) is 42.6 Å². The lowest BCUT2D eigenvalue weighted by Crippen LogP contribution is -2.31. The van der Waals surface area contributed by atoms with E-state index in [1.165, 1.54) is 0 Å². The number of hydrogen-bond donors (Lipinski definition) is 1. The van der Waals surface area contributed by atoms with Gasteiger partial charge in [0.15, 0.2) is 0 Å². The van der Waals surface area contributed by atoms with Crippen molar-refractivity contribution in [3.8, 4) is 0 Å². The minimum Gasteiger partial charge on any atom is -0.321 e. The zero-order valence-corrected chi connectivity index (χ0v) is 11.3. The molecule has 0 saturated carbocycles. The molecule has 4 heteroatoms. The number of rotatable bonds is 4. The second-order valence-corrected chi connectivity index (χ2v) is 5.86. The molecule has 3 nitrogen and oxygen atoms in total. The van der Waals surface area contributed by atoms with E-state index in [1.54, 1.807) is 0 Å². The normalized spacial score (nSPS) is 19.7. The highest BCUT2D eigenvalue weighted by atomic mass is 32.2. The molecule has 0 fully saturated rings. The Morgan fingerprint density at radius 1 is 1.39 bits per heavy atom. The van der Waals surface area contributed by atoms with Crippen molar-refractivity contribution in [3.05, 3.63) is 42.6 Å². The van der Waals surface area contributed by atoms with E-state index in [0.717, 1.165) is 18.5 Å². The van der Waals surface area contributed by atoms with Gasteiger partial charge in [-0.25, -0.2) is 0 Å². The summed E-state index contributed by atoms with van der Waals surface area (Å²) in [4.78, 5) is 12.3. The van der Waals surface area contributed by atoms with Crippen molar-refractivity contribution < 1.29 is 4.79 Å². The summed E-state index contributed by atoms with van der Waals surface area (Å²) in [6, 6.07) is 9.56. The molecule has 96 valence electrons. The minimum atomic E-state index is -0.559. The number of nitrogens with two attached hydrogens (primary N) is 1. The van der Waals surface area contributed by atoms with Gasteiger partial charge in [-0.15, -0.1) is 0 Å². The van der Waals surface area contributed by atoms with Crippen LogP contribution in [-0.4, -0.2) is 16.5 Å². The number of allylic oxidation sites excluding steroid dienone is 1. The number of nitrogens with zero attached hydrogens (tertiary/aromatic N) is 1. The van der Waals surface area contributed by atoms with Gasteiger partial charge in [0.25, 0.3) is 0 Å². The SMILES string of the molecule is CCCC(N)C(=O)S1=CC=CN1c1ccccc1. The minimum absolute atomic E-state index is 0.116. The lowest BCUT2D eigenvalue weighted by Gasteiger charge is -2.22. The summed E-state index contributed by atoms with van der Waals surface area (Å²) in [6.07, 6.45) is 5.55. The van der Waals surface area contributed by atoms with Crippen LogP contribution in [0.1, 0.15) is 19.8 Å². The summed E-state index contributed by atoms with van der Waals surface area (Å²) < 4.78 is 2.00. The maximum Gasteiger partial charge on any atom is 0.219 e. The topological polar surface area (TPSA) is 46.3 Å². The maximum absolute atomic E-state index is 12.3. The number of carbonyl (C=O) groups is 1. The Bertz CT molecular complexity index is 482. The highest BCUT2D eigenvalue weighted by Gasteiger charge is 2.22. The van der Waals surface area contributed by atoms with Crippen molar-refractivity contribution in [2.45, 2.75) is 25.8 Å². The van der Waals surface area contributed by atoms with E-state index in [2.05, 4.69) is 0 Å². The molecule has 0 aromatic heterocycles. The van der Waals surface area contributed by atoms with Crippen LogP contribution in [-0.2, 0) is 4.79 Å². The third-order valence-corrected chi connectivity index (χ3v) is 4.65. The molecule has 0 bridgehead atoms. The van der Waals surface area contributed by atoms with Gasteiger partial charge < -0.3 is 5.73 Å². The second kappa shape index (κ2) is 5.98. The fourth-order valence-corrected chi connectivity index (χ4v) is 3.50. The smallest absolute Gasteiger partial charge is 0.219 e. The van der Waals surface area contributed by atoms with E-state index in [-0.39, 0.29) is 11.2 Å². The first-order valence-corrected chi connectivity index (χ1v) is 7.37. The van der Waals surface area contributed by atoms with Crippen LogP contribution in [0, 0.1) is 0 Å². The third kappa shape index (κ3) is 2.71. The summed E-state index contributed by atoms with van der Waals surface area (Å²) in [7, 11) is -0.559. The number of hydrogen-bond acceptors (Lipinski definition) is 3. The molecule has 1 heterocycles. The Hall–Kier alpha value is -1.39. The van der Waals surface area contributed by atoms with Crippen LogP contribution >= 0.6 is 10.7 Å². The number of carbonyl (C=O) groups excluding carboxylic acids is 1. The molecule has 2 unspecified atom stereocenters. The van der Waals surface area contributed by atoms with Crippen LogP contribution in [0.5, 0.6) is 0 Å². The van der Waals surface area contributed by atoms with E-state index in [0.29, 0.717) is 0 Å². The van der Waals surface area contributed by atoms with Gasteiger partial charge in [-0.3, -0.25) is 9.10 Å². The van der Waals surface area contributed by atoms with E-state index in [1.807, 2.05) is 59.2 Å². The monoisotopic (exact) mass is 262 g/mol. The Kier molecular flexibility index (Phi) is 4.33. The Morgan fingerprint density at radius 2 is 2.11 bits per heavy atom. The lowest BCUT2D eigenvalue weighted by atomic mass is 10.2. The van der Waals surface area contributed by atoms with E-state index in [4.69, 9.17) is 5.73 Å². The molecule has 2 N–H and O–H groups in total. The first-order chi connectivity index (χ1) is 8.74. The maximum atomic E-state index is 12.3. The van der Waals surface area contributed by atoms with Crippen molar-refractivity contribution in [1.82, 2.24) is 0 Å².